The van der Waals surface area contributed by atoms with Crippen LogP contribution in [0.15, 0.2) is 30.3 Å². The highest BCUT2D eigenvalue weighted by atomic mass is 16.6. The number of ether oxygens (including phenoxy) is 1. The van der Waals surface area contributed by atoms with Crippen LogP contribution in [-0.4, -0.2) is 36.1 Å². The highest BCUT2D eigenvalue weighted by Crippen LogP contribution is 2.37. The van der Waals surface area contributed by atoms with Crippen LogP contribution in [0.1, 0.15) is 44.0 Å². The van der Waals surface area contributed by atoms with Crippen LogP contribution in [0.4, 0.5) is 0 Å². The lowest BCUT2D eigenvalue weighted by Gasteiger charge is -2.47. The van der Waals surface area contributed by atoms with Gasteiger partial charge in [-0.25, -0.2) is 4.79 Å². The van der Waals surface area contributed by atoms with E-state index in [4.69, 9.17) is 4.74 Å². The molecule has 0 aliphatic carbocycles. The molecule has 1 aliphatic rings. The molecule has 0 radical (unpaired) electrons. The highest BCUT2D eigenvalue weighted by Gasteiger charge is 2.44. The van der Waals surface area contributed by atoms with Crippen molar-refractivity contribution in [1.29, 1.82) is 0 Å². The Balaban J connectivity index is 2.17. The van der Waals surface area contributed by atoms with Crippen molar-refractivity contribution >= 4 is 5.97 Å². The Morgan fingerprint density at radius 3 is 2.60 bits per heavy atom. The largest absolute Gasteiger partial charge is 0.455 e. The Morgan fingerprint density at radius 1 is 1.35 bits per heavy atom. The molecule has 20 heavy (non-hydrogen) atoms. The molecule has 110 valence electrons. The molecule has 1 heterocycles. The van der Waals surface area contributed by atoms with Gasteiger partial charge in [0.05, 0.1) is 5.56 Å². The Hall–Kier alpha value is -1.35. The number of benzene rings is 1. The first-order chi connectivity index (χ1) is 9.48. The van der Waals surface area contributed by atoms with E-state index in [1.807, 2.05) is 30.3 Å². The number of nitrogens with zero attached hydrogens (tertiary/aromatic N) is 1. The topological polar surface area (TPSA) is 29.5 Å². The maximum absolute atomic E-state index is 12.4. The van der Waals surface area contributed by atoms with Gasteiger partial charge in [0, 0.05) is 24.9 Å². The molecule has 3 atom stereocenters. The van der Waals surface area contributed by atoms with Crippen molar-refractivity contribution in [3.05, 3.63) is 35.9 Å². The van der Waals surface area contributed by atoms with E-state index < -0.39 is 0 Å². The maximum Gasteiger partial charge on any atom is 0.338 e. The summed E-state index contributed by atoms with van der Waals surface area (Å²) in [6.07, 6.45) is 1.77. The van der Waals surface area contributed by atoms with Crippen LogP contribution in [0.5, 0.6) is 0 Å². The van der Waals surface area contributed by atoms with Gasteiger partial charge in [-0.15, -0.1) is 0 Å². The Labute approximate surface area is 121 Å². The lowest BCUT2D eigenvalue weighted by Crippen LogP contribution is -2.55. The lowest BCUT2D eigenvalue weighted by atomic mass is 9.77. The molecule has 0 bridgehead atoms. The summed E-state index contributed by atoms with van der Waals surface area (Å²) < 4.78 is 5.98. The fraction of sp³-hybridized carbons (Fsp3) is 0.588. The van der Waals surface area contributed by atoms with Gasteiger partial charge in [-0.2, -0.15) is 0 Å². The number of carbonyl (C=O) groups excluding carboxylic acids is 1. The van der Waals surface area contributed by atoms with E-state index in [0.29, 0.717) is 17.5 Å². The maximum atomic E-state index is 12.4. The van der Waals surface area contributed by atoms with E-state index in [2.05, 4.69) is 32.7 Å². The molecular weight excluding hydrogens is 250 g/mol. The zero-order valence-corrected chi connectivity index (χ0v) is 12.9. The summed E-state index contributed by atoms with van der Waals surface area (Å²) in [5, 5.41) is 0. The normalized spacial score (nSPS) is 31.0. The SMILES string of the molecule is CC[C@]1(OC(=O)c2ccccc2)C[C@@H](C)N(C)C[C@H]1C. The minimum absolute atomic E-state index is 0.198. The molecule has 0 unspecified atom stereocenters. The minimum atomic E-state index is -0.334. The number of esters is 1. The fourth-order valence-electron chi connectivity index (χ4n) is 3.16. The third-order valence-corrected chi connectivity index (χ3v) is 4.76. The molecule has 3 heteroatoms. The average molecular weight is 275 g/mol. The van der Waals surface area contributed by atoms with E-state index in [-0.39, 0.29) is 11.6 Å². The number of rotatable bonds is 3. The Bertz CT molecular complexity index is 459. The number of hydrogen-bond donors (Lipinski definition) is 0. The van der Waals surface area contributed by atoms with Gasteiger partial charge in [-0.1, -0.05) is 32.0 Å². The smallest absolute Gasteiger partial charge is 0.338 e. The summed E-state index contributed by atoms with van der Waals surface area (Å²) in [6.45, 7) is 7.47. The van der Waals surface area contributed by atoms with Crippen molar-refractivity contribution in [2.75, 3.05) is 13.6 Å². The Kier molecular flexibility index (Phi) is 4.48. The second-order valence-corrected chi connectivity index (χ2v) is 6.07. The molecular formula is C17H25NO2. The summed E-state index contributed by atoms with van der Waals surface area (Å²) >= 11 is 0. The summed E-state index contributed by atoms with van der Waals surface area (Å²) in [4.78, 5) is 14.7. The van der Waals surface area contributed by atoms with Crippen LogP contribution in [0.3, 0.4) is 0 Å². The molecule has 1 aromatic carbocycles. The monoisotopic (exact) mass is 275 g/mol. The first-order valence-corrected chi connectivity index (χ1v) is 7.47. The van der Waals surface area contributed by atoms with Gasteiger partial charge in [-0.05, 0) is 32.5 Å². The third kappa shape index (κ3) is 2.88. The van der Waals surface area contributed by atoms with Gasteiger partial charge in [0.15, 0.2) is 0 Å². The minimum Gasteiger partial charge on any atom is -0.455 e. The van der Waals surface area contributed by atoms with Gasteiger partial charge in [0.2, 0.25) is 0 Å². The molecule has 0 amide bonds. The van der Waals surface area contributed by atoms with Crippen LogP contribution in [0, 0.1) is 5.92 Å². The van der Waals surface area contributed by atoms with Gasteiger partial charge < -0.3 is 9.64 Å². The van der Waals surface area contributed by atoms with E-state index >= 15 is 0 Å². The van der Waals surface area contributed by atoms with Crippen LogP contribution < -0.4 is 0 Å². The first-order valence-electron chi connectivity index (χ1n) is 7.47. The number of piperidine rings is 1. The van der Waals surface area contributed by atoms with Crippen molar-refractivity contribution in [2.24, 2.45) is 5.92 Å². The van der Waals surface area contributed by atoms with Crippen LogP contribution in [0.25, 0.3) is 0 Å². The van der Waals surface area contributed by atoms with Crippen molar-refractivity contribution in [1.82, 2.24) is 4.90 Å². The quantitative estimate of drug-likeness (QED) is 0.792. The molecule has 0 aromatic heterocycles. The van der Waals surface area contributed by atoms with Crippen molar-refractivity contribution < 1.29 is 9.53 Å². The lowest BCUT2D eigenvalue weighted by molar-refractivity contribution is -0.0954. The molecule has 1 aliphatic heterocycles. The molecule has 1 fully saturated rings. The molecule has 0 spiro atoms. The summed E-state index contributed by atoms with van der Waals surface area (Å²) in [5.74, 6) is 0.150. The van der Waals surface area contributed by atoms with E-state index in [1.165, 1.54) is 0 Å². The van der Waals surface area contributed by atoms with E-state index in [1.54, 1.807) is 0 Å². The molecule has 1 aromatic rings. The molecule has 3 nitrogen and oxygen atoms in total. The molecule has 1 saturated heterocycles. The van der Waals surface area contributed by atoms with Crippen molar-refractivity contribution in [3.8, 4) is 0 Å². The van der Waals surface area contributed by atoms with Gasteiger partial charge in [0.1, 0.15) is 5.60 Å². The highest BCUT2D eigenvalue weighted by molar-refractivity contribution is 5.89. The fourth-order valence-corrected chi connectivity index (χ4v) is 3.16. The van der Waals surface area contributed by atoms with Gasteiger partial charge in [0.25, 0.3) is 0 Å². The van der Waals surface area contributed by atoms with Crippen LogP contribution >= 0.6 is 0 Å². The second-order valence-electron chi connectivity index (χ2n) is 6.07. The number of hydrogen-bond acceptors (Lipinski definition) is 3. The van der Waals surface area contributed by atoms with Crippen molar-refractivity contribution in [3.63, 3.8) is 0 Å². The van der Waals surface area contributed by atoms with Gasteiger partial charge >= 0.3 is 5.97 Å². The summed E-state index contributed by atoms with van der Waals surface area (Å²) in [7, 11) is 2.14. The van der Waals surface area contributed by atoms with Crippen LogP contribution in [-0.2, 0) is 4.74 Å². The molecule has 0 N–H and O–H groups in total. The predicted octanol–water partition coefficient (Wildman–Crippen LogP) is 3.35. The summed E-state index contributed by atoms with van der Waals surface area (Å²) in [5.41, 5.74) is 0.304. The number of carbonyl (C=O) groups is 1. The van der Waals surface area contributed by atoms with E-state index in [9.17, 15) is 4.79 Å². The Morgan fingerprint density at radius 2 is 2.00 bits per heavy atom. The van der Waals surface area contributed by atoms with Crippen LogP contribution in [0.2, 0.25) is 0 Å². The standard InChI is InChI=1S/C17H25NO2/c1-5-17(11-14(3)18(4)12-13(17)2)20-16(19)15-9-7-6-8-10-15/h6-10,13-14H,5,11-12H2,1-4H3/t13-,14-,17+/m1/s1. The summed E-state index contributed by atoms with van der Waals surface area (Å²) in [6, 6.07) is 9.72. The van der Waals surface area contributed by atoms with E-state index in [0.717, 1.165) is 19.4 Å². The predicted molar refractivity (Wildman–Crippen MR) is 80.8 cm³/mol. The zero-order valence-electron chi connectivity index (χ0n) is 12.9. The first kappa shape index (κ1) is 15.0. The molecule has 0 saturated carbocycles. The average Bonchev–Trinajstić information content (AvgIpc) is 2.45. The van der Waals surface area contributed by atoms with Crippen molar-refractivity contribution in [2.45, 2.75) is 45.3 Å². The second kappa shape index (κ2) is 5.96. The molecule has 2 rings (SSSR count). The third-order valence-electron chi connectivity index (χ3n) is 4.76. The van der Waals surface area contributed by atoms with Gasteiger partial charge in [-0.3, -0.25) is 0 Å². The number of likely N-dealkylation sites (tertiary alicyclic amines) is 1. The zero-order chi connectivity index (χ0) is 14.8.